The maximum Gasteiger partial charge on any atom is 0.254 e. The summed E-state index contributed by atoms with van der Waals surface area (Å²) in [6.45, 7) is 13.1. The number of benzene rings is 3. The Morgan fingerprint density at radius 2 is 1.66 bits per heavy atom. The van der Waals surface area contributed by atoms with Gasteiger partial charge in [-0.3, -0.25) is 9.69 Å². The van der Waals surface area contributed by atoms with E-state index in [1.165, 1.54) is 22.2 Å². The number of amides is 1. The number of H-pyrrole nitrogens is 1. The van der Waals surface area contributed by atoms with Gasteiger partial charge in [0.05, 0.1) is 11.3 Å². The molecule has 7 heteroatoms. The number of anilines is 2. The lowest BCUT2D eigenvalue weighted by atomic mass is 9.97. The zero-order valence-corrected chi connectivity index (χ0v) is 24.2. The Morgan fingerprint density at radius 1 is 0.902 bits per heavy atom. The molecular weight excluding hydrogens is 508 g/mol. The summed E-state index contributed by atoms with van der Waals surface area (Å²) < 4.78 is 0. The number of carbonyl (C=O) groups excluding carboxylic acids is 1. The number of aromatic amines is 1. The lowest BCUT2D eigenvalue weighted by Crippen LogP contribution is -2.54. The largest absolute Gasteiger partial charge is 0.368 e. The molecule has 41 heavy (non-hydrogen) atoms. The van der Waals surface area contributed by atoms with E-state index in [-0.39, 0.29) is 11.9 Å². The van der Waals surface area contributed by atoms with Gasteiger partial charge in [0.1, 0.15) is 6.07 Å². The van der Waals surface area contributed by atoms with Crippen molar-refractivity contribution in [1.29, 1.82) is 5.26 Å². The van der Waals surface area contributed by atoms with Crippen molar-refractivity contribution in [2.75, 3.05) is 55.6 Å². The quantitative estimate of drug-likeness (QED) is 0.367. The summed E-state index contributed by atoms with van der Waals surface area (Å²) in [6.07, 6.45) is 1.99. The molecular formula is C34H38N6O. The van der Waals surface area contributed by atoms with E-state index in [1.54, 1.807) is 0 Å². The lowest BCUT2D eigenvalue weighted by molar-refractivity contribution is 0.0673. The molecule has 0 bridgehead atoms. The Morgan fingerprint density at radius 3 is 2.44 bits per heavy atom. The van der Waals surface area contributed by atoms with Crippen LogP contribution in [-0.4, -0.2) is 72.5 Å². The first-order valence-corrected chi connectivity index (χ1v) is 14.6. The first-order chi connectivity index (χ1) is 19.9. The van der Waals surface area contributed by atoms with E-state index in [1.807, 2.05) is 30.5 Å². The number of para-hydroxylation sites is 1. The van der Waals surface area contributed by atoms with Crippen LogP contribution in [0.1, 0.15) is 39.5 Å². The first kappa shape index (κ1) is 26.9. The molecule has 2 fully saturated rings. The van der Waals surface area contributed by atoms with Crippen molar-refractivity contribution in [3.05, 3.63) is 94.7 Å². The van der Waals surface area contributed by atoms with Crippen LogP contribution in [0.15, 0.2) is 66.9 Å². The number of rotatable bonds is 5. The topological polar surface area (TPSA) is 69.6 Å². The van der Waals surface area contributed by atoms with E-state index in [0.717, 1.165) is 73.7 Å². The molecule has 0 radical (unpaired) electrons. The summed E-state index contributed by atoms with van der Waals surface area (Å²) in [7, 11) is 0. The number of nitrogens with one attached hydrogen (secondary N) is 1. The van der Waals surface area contributed by atoms with Crippen molar-refractivity contribution in [3.8, 4) is 6.07 Å². The van der Waals surface area contributed by atoms with Crippen LogP contribution in [-0.2, 0) is 6.54 Å². The third-order valence-electron chi connectivity index (χ3n) is 8.85. The molecule has 1 aromatic heterocycles. The highest BCUT2D eigenvalue weighted by molar-refractivity contribution is 5.97. The molecule has 0 saturated carbocycles. The van der Waals surface area contributed by atoms with Crippen LogP contribution in [0, 0.1) is 25.2 Å². The zero-order valence-electron chi connectivity index (χ0n) is 24.2. The summed E-state index contributed by atoms with van der Waals surface area (Å²) in [4.78, 5) is 26.5. The van der Waals surface area contributed by atoms with E-state index >= 15 is 0 Å². The van der Waals surface area contributed by atoms with Crippen LogP contribution in [0.25, 0.3) is 10.9 Å². The molecule has 3 heterocycles. The molecule has 0 unspecified atom stereocenters. The van der Waals surface area contributed by atoms with Gasteiger partial charge in [0.25, 0.3) is 5.91 Å². The number of nitrogens with zero attached hydrogens (tertiary/aromatic N) is 5. The monoisotopic (exact) mass is 546 g/mol. The Kier molecular flexibility index (Phi) is 7.42. The van der Waals surface area contributed by atoms with Crippen LogP contribution < -0.4 is 9.80 Å². The lowest BCUT2D eigenvalue weighted by Gasteiger charge is -2.41. The molecule has 2 aliphatic rings. The average Bonchev–Trinajstić information content (AvgIpc) is 3.48. The number of carbonyl (C=O) groups is 1. The second-order valence-electron chi connectivity index (χ2n) is 11.5. The van der Waals surface area contributed by atoms with Gasteiger partial charge in [-0.15, -0.1) is 0 Å². The van der Waals surface area contributed by atoms with Crippen LogP contribution >= 0.6 is 0 Å². The van der Waals surface area contributed by atoms with Crippen LogP contribution in [0.5, 0.6) is 0 Å². The van der Waals surface area contributed by atoms with Gasteiger partial charge in [0.2, 0.25) is 0 Å². The number of hydrogen-bond acceptors (Lipinski definition) is 5. The number of nitriles is 1. The minimum Gasteiger partial charge on any atom is -0.368 e. The van der Waals surface area contributed by atoms with E-state index in [4.69, 9.17) is 0 Å². The Bertz CT molecular complexity index is 1610. The SMILES string of the molecule is Cc1cc(C)c(C(=O)N2CCN(c3cccc4[nH]ccc34)C[C@@H]2C)cc1CN1CCN(c2ccccc2C#N)CC1. The molecule has 1 N–H and O–H groups in total. The second-order valence-corrected chi connectivity index (χ2v) is 11.5. The van der Waals surface area contributed by atoms with Gasteiger partial charge in [-0.2, -0.15) is 5.26 Å². The van der Waals surface area contributed by atoms with Gasteiger partial charge >= 0.3 is 0 Å². The van der Waals surface area contributed by atoms with E-state index in [2.05, 4.69) is 87.8 Å². The fraction of sp³-hybridized carbons (Fsp3) is 0.353. The maximum absolute atomic E-state index is 13.9. The van der Waals surface area contributed by atoms with E-state index in [9.17, 15) is 10.1 Å². The molecule has 0 spiro atoms. The van der Waals surface area contributed by atoms with Crippen molar-refractivity contribution in [1.82, 2.24) is 14.8 Å². The summed E-state index contributed by atoms with van der Waals surface area (Å²) in [5.74, 6) is 0.133. The van der Waals surface area contributed by atoms with Crippen molar-refractivity contribution < 1.29 is 4.79 Å². The normalized spacial score (nSPS) is 18.1. The van der Waals surface area contributed by atoms with Crippen molar-refractivity contribution in [2.45, 2.75) is 33.4 Å². The summed E-state index contributed by atoms with van der Waals surface area (Å²) in [6, 6.07) is 23.1. The van der Waals surface area contributed by atoms with E-state index < -0.39 is 0 Å². The maximum atomic E-state index is 13.9. The fourth-order valence-electron chi connectivity index (χ4n) is 6.51. The smallest absolute Gasteiger partial charge is 0.254 e. The van der Waals surface area contributed by atoms with Gasteiger partial charge < -0.3 is 19.7 Å². The third kappa shape index (κ3) is 5.28. The highest BCUT2D eigenvalue weighted by Crippen LogP contribution is 2.29. The van der Waals surface area contributed by atoms with Crippen molar-refractivity contribution in [2.24, 2.45) is 0 Å². The highest BCUT2D eigenvalue weighted by atomic mass is 16.2. The molecule has 0 aliphatic carbocycles. The average molecular weight is 547 g/mol. The van der Waals surface area contributed by atoms with Gasteiger partial charge in [-0.05, 0) is 73.9 Å². The van der Waals surface area contributed by atoms with E-state index in [0.29, 0.717) is 6.54 Å². The summed E-state index contributed by atoms with van der Waals surface area (Å²) in [5.41, 5.74) is 8.44. The van der Waals surface area contributed by atoms with Crippen LogP contribution in [0.2, 0.25) is 0 Å². The van der Waals surface area contributed by atoms with Gasteiger partial charge in [-0.25, -0.2) is 0 Å². The third-order valence-corrected chi connectivity index (χ3v) is 8.85. The Hall–Kier alpha value is -4.28. The minimum absolute atomic E-state index is 0.110. The fourth-order valence-corrected chi connectivity index (χ4v) is 6.51. The van der Waals surface area contributed by atoms with Crippen molar-refractivity contribution in [3.63, 3.8) is 0 Å². The molecule has 1 amide bonds. The first-order valence-electron chi connectivity index (χ1n) is 14.6. The molecule has 3 aromatic carbocycles. The molecule has 2 aliphatic heterocycles. The Balaban J connectivity index is 1.13. The Labute approximate surface area is 242 Å². The minimum atomic E-state index is 0.110. The molecule has 4 aromatic rings. The number of aryl methyl sites for hydroxylation is 2. The number of fused-ring (bicyclic) bond motifs is 1. The molecule has 2 saturated heterocycles. The van der Waals surface area contributed by atoms with Crippen LogP contribution in [0.4, 0.5) is 11.4 Å². The van der Waals surface area contributed by atoms with Crippen LogP contribution in [0.3, 0.4) is 0 Å². The molecule has 6 rings (SSSR count). The van der Waals surface area contributed by atoms with Crippen molar-refractivity contribution >= 4 is 28.2 Å². The predicted molar refractivity (Wildman–Crippen MR) is 166 cm³/mol. The number of piperazine rings is 2. The van der Waals surface area contributed by atoms with Gasteiger partial charge in [-0.1, -0.05) is 24.3 Å². The number of aromatic nitrogens is 1. The second kappa shape index (κ2) is 11.3. The molecule has 1 atom stereocenters. The molecule has 210 valence electrons. The van der Waals surface area contributed by atoms with Gasteiger partial charge in [0.15, 0.2) is 0 Å². The standard InChI is InChI=1S/C34H38N6O/c1-24-19-25(2)30(20-28(24)23-37-13-15-38(16-14-37)32-9-5-4-7-27(32)21-35)34(41)40-18-17-39(22-26(40)3)33-10-6-8-31-29(33)11-12-36-31/h4-12,19-20,26,36H,13-18,22-23H2,1-3H3/t26-/m0/s1. The highest BCUT2D eigenvalue weighted by Gasteiger charge is 2.30. The molecule has 7 nitrogen and oxygen atoms in total. The summed E-state index contributed by atoms with van der Waals surface area (Å²) in [5, 5.41) is 10.7. The zero-order chi connectivity index (χ0) is 28.5. The number of hydrogen-bond donors (Lipinski definition) is 1. The van der Waals surface area contributed by atoms with Gasteiger partial charge in [0, 0.05) is 86.8 Å². The predicted octanol–water partition coefficient (Wildman–Crippen LogP) is 5.33. The summed E-state index contributed by atoms with van der Waals surface area (Å²) >= 11 is 0.